The molecule has 0 atom stereocenters. The summed E-state index contributed by atoms with van der Waals surface area (Å²) in [4.78, 5) is 21.0. The molecule has 0 unspecified atom stereocenters. The molecule has 10 heteroatoms. The van der Waals surface area contributed by atoms with Crippen LogP contribution in [0, 0.1) is 0 Å². The predicted octanol–water partition coefficient (Wildman–Crippen LogP) is 4.45. The minimum atomic E-state index is -0.258. The number of thiocarbonyl (C=S) groups is 1. The summed E-state index contributed by atoms with van der Waals surface area (Å²) >= 11 is 7.77. The molecule has 0 saturated heterocycles. The van der Waals surface area contributed by atoms with E-state index in [4.69, 9.17) is 22.4 Å². The Morgan fingerprint density at radius 2 is 2.14 bits per heavy atom. The monoisotopic (exact) mass is 433 g/mol. The van der Waals surface area contributed by atoms with Crippen LogP contribution in [-0.4, -0.2) is 21.0 Å². The van der Waals surface area contributed by atoms with Gasteiger partial charge in [0.05, 0.1) is 22.4 Å². The third kappa shape index (κ3) is 5.54. The summed E-state index contributed by atoms with van der Waals surface area (Å²) in [7, 11) is 0. The van der Waals surface area contributed by atoms with E-state index in [2.05, 4.69) is 34.4 Å². The molecule has 2 heterocycles. The molecular weight excluding hydrogens is 414 g/mol. The second-order valence-corrected chi connectivity index (χ2v) is 8.85. The summed E-state index contributed by atoms with van der Waals surface area (Å²) in [5.74, 6) is 2.21. The van der Waals surface area contributed by atoms with Crippen molar-refractivity contribution in [3.05, 3.63) is 53.9 Å². The maximum atomic E-state index is 12.4. The number of hydrogen-bond donors (Lipinski definition) is 3. The van der Waals surface area contributed by atoms with Crippen LogP contribution in [-0.2, 0) is 5.75 Å². The fraction of sp³-hybridized carbons (Fsp3) is 0.222. The van der Waals surface area contributed by atoms with Crippen molar-refractivity contribution >= 4 is 57.2 Å². The zero-order valence-electron chi connectivity index (χ0n) is 15.3. The van der Waals surface area contributed by atoms with Crippen LogP contribution >= 0.6 is 35.3 Å². The van der Waals surface area contributed by atoms with E-state index in [9.17, 15) is 4.79 Å². The number of anilines is 2. The molecule has 0 radical (unpaired) electrons. The molecule has 28 heavy (non-hydrogen) atoms. The van der Waals surface area contributed by atoms with E-state index < -0.39 is 0 Å². The number of aromatic nitrogens is 2. The Kier molecular flexibility index (Phi) is 6.65. The van der Waals surface area contributed by atoms with E-state index in [1.54, 1.807) is 48.4 Å². The molecule has 1 amide bonds. The number of oxazole rings is 1. The first-order valence-electron chi connectivity index (χ1n) is 8.42. The Bertz CT molecular complexity index is 983. The lowest BCUT2D eigenvalue weighted by Crippen LogP contribution is -2.19. The zero-order chi connectivity index (χ0) is 20.1. The van der Waals surface area contributed by atoms with Crippen LogP contribution in [0.2, 0.25) is 0 Å². The van der Waals surface area contributed by atoms with Crippen LogP contribution < -0.4 is 16.4 Å². The third-order valence-corrected chi connectivity index (χ3v) is 5.77. The number of hydrogen-bond acceptors (Lipinski definition) is 7. The third-order valence-electron chi connectivity index (χ3n) is 3.58. The Morgan fingerprint density at radius 3 is 2.86 bits per heavy atom. The molecule has 0 spiro atoms. The molecule has 3 aromatic rings. The molecule has 1 aromatic carbocycles. The molecule has 2 aromatic heterocycles. The van der Waals surface area contributed by atoms with E-state index >= 15 is 0 Å². The summed E-state index contributed by atoms with van der Waals surface area (Å²) in [6.45, 7) is 4.12. The molecule has 0 aliphatic rings. The number of carbonyl (C=O) groups excluding carboxylic acids is 1. The zero-order valence-corrected chi connectivity index (χ0v) is 17.7. The average Bonchev–Trinajstić information content (AvgIpc) is 3.29. The highest BCUT2D eigenvalue weighted by Crippen LogP contribution is 2.31. The summed E-state index contributed by atoms with van der Waals surface area (Å²) in [5.41, 5.74) is 6.59. The summed E-state index contributed by atoms with van der Waals surface area (Å²) in [5, 5.41) is 6.28. The van der Waals surface area contributed by atoms with Gasteiger partial charge in [-0.3, -0.25) is 10.1 Å². The molecule has 0 fully saturated rings. The van der Waals surface area contributed by atoms with Crippen molar-refractivity contribution < 1.29 is 9.21 Å². The minimum absolute atomic E-state index is 0.144. The van der Waals surface area contributed by atoms with Gasteiger partial charge in [-0.25, -0.2) is 9.97 Å². The molecule has 7 nitrogen and oxygen atoms in total. The summed E-state index contributed by atoms with van der Waals surface area (Å²) in [6, 6.07) is 6.91. The largest absolute Gasteiger partial charge is 0.445 e. The van der Waals surface area contributed by atoms with Gasteiger partial charge in [-0.15, -0.1) is 11.8 Å². The Morgan fingerprint density at radius 1 is 1.32 bits per heavy atom. The van der Waals surface area contributed by atoms with Crippen LogP contribution in [0.3, 0.4) is 0 Å². The molecule has 0 bridgehead atoms. The number of benzene rings is 1. The number of amides is 1. The fourth-order valence-electron chi connectivity index (χ4n) is 2.22. The molecule has 3 rings (SSSR count). The first-order chi connectivity index (χ1) is 13.4. The maximum absolute atomic E-state index is 12.4. The van der Waals surface area contributed by atoms with Crippen LogP contribution in [0.5, 0.6) is 0 Å². The van der Waals surface area contributed by atoms with Crippen molar-refractivity contribution in [2.24, 2.45) is 5.73 Å². The normalized spacial score (nSPS) is 10.8. The van der Waals surface area contributed by atoms with E-state index in [1.807, 2.05) is 0 Å². The van der Waals surface area contributed by atoms with Gasteiger partial charge < -0.3 is 15.5 Å². The van der Waals surface area contributed by atoms with Gasteiger partial charge in [0, 0.05) is 17.2 Å². The highest BCUT2D eigenvalue weighted by molar-refractivity contribution is 8.00. The Balaban J connectivity index is 1.57. The predicted molar refractivity (Wildman–Crippen MR) is 117 cm³/mol. The van der Waals surface area contributed by atoms with Crippen molar-refractivity contribution in [2.75, 3.05) is 10.6 Å². The van der Waals surface area contributed by atoms with Crippen molar-refractivity contribution in [2.45, 2.75) is 29.7 Å². The number of nitrogens with zero attached hydrogens (tertiary/aromatic N) is 2. The standard InChI is InChI=1S/C18H19N5O2S3/c1-10(2)13-7-20-14(25-13)9-27-15-8-21-18(28-15)23-16(24)11-4-3-5-12(6-11)22-17(19)26/h3-8,10H,9H2,1-2H3,(H3,19,22,26)(H,21,23,24). The maximum Gasteiger partial charge on any atom is 0.257 e. The van der Waals surface area contributed by atoms with Gasteiger partial charge >= 0.3 is 0 Å². The van der Waals surface area contributed by atoms with Gasteiger partial charge in [-0.05, 0) is 30.4 Å². The van der Waals surface area contributed by atoms with Gasteiger partial charge in [-0.2, -0.15) is 0 Å². The number of thioether (sulfide) groups is 1. The molecule has 0 aliphatic carbocycles. The number of thiazole rings is 1. The first-order valence-corrected chi connectivity index (χ1v) is 10.6. The van der Waals surface area contributed by atoms with Gasteiger partial charge in [0.25, 0.3) is 5.91 Å². The van der Waals surface area contributed by atoms with Crippen molar-refractivity contribution in [3.8, 4) is 0 Å². The smallest absolute Gasteiger partial charge is 0.257 e. The average molecular weight is 434 g/mol. The van der Waals surface area contributed by atoms with Gasteiger partial charge in [0.2, 0.25) is 5.89 Å². The van der Waals surface area contributed by atoms with Crippen LogP contribution in [0.15, 0.2) is 45.3 Å². The van der Waals surface area contributed by atoms with E-state index in [0.717, 1.165) is 9.97 Å². The minimum Gasteiger partial charge on any atom is -0.445 e. The van der Waals surface area contributed by atoms with Crippen LogP contribution in [0.25, 0.3) is 0 Å². The summed E-state index contributed by atoms with van der Waals surface area (Å²) in [6.07, 6.45) is 3.49. The lowest BCUT2D eigenvalue weighted by Gasteiger charge is -2.06. The topological polar surface area (TPSA) is 106 Å². The van der Waals surface area contributed by atoms with E-state index in [0.29, 0.717) is 33.9 Å². The van der Waals surface area contributed by atoms with Gasteiger partial charge in [0.1, 0.15) is 5.76 Å². The molecule has 146 valence electrons. The van der Waals surface area contributed by atoms with E-state index in [-0.39, 0.29) is 11.0 Å². The summed E-state index contributed by atoms with van der Waals surface area (Å²) < 4.78 is 6.65. The number of nitrogens with two attached hydrogens (primary N) is 1. The van der Waals surface area contributed by atoms with Crippen molar-refractivity contribution in [1.82, 2.24) is 9.97 Å². The van der Waals surface area contributed by atoms with Gasteiger partial charge in [-0.1, -0.05) is 31.3 Å². The number of nitrogens with one attached hydrogen (secondary N) is 2. The fourth-order valence-corrected chi connectivity index (χ4v) is 4.06. The molecule has 0 saturated carbocycles. The second kappa shape index (κ2) is 9.18. The first kappa shape index (κ1) is 20.3. The van der Waals surface area contributed by atoms with E-state index in [1.165, 1.54) is 11.3 Å². The quantitative estimate of drug-likeness (QED) is 0.370. The molecule has 4 N–H and O–H groups in total. The van der Waals surface area contributed by atoms with Crippen LogP contribution in [0.4, 0.5) is 10.8 Å². The lowest BCUT2D eigenvalue weighted by molar-refractivity contribution is 0.102. The Hall–Kier alpha value is -2.43. The number of rotatable bonds is 7. The SMILES string of the molecule is CC(C)c1cnc(CSc2cnc(NC(=O)c3cccc(NC(N)=S)c3)s2)o1. The van der Waals surface area contributed by atoms with Crippen molar-refractivity contribution in [3.63, 3.8) is 0 Å². The highest BCUT2D eigenvalue weighted by Gasteiger charge is 2.12. The molecular formula is C18H19N5O2S3. The van der Waals surface area contributed by atoms with Gasteiger partial charge in [0.15, 0.2) is 10.2 Å². The Labute approximate surface area is 176 Å². The second-order valence-electron chi connectivity index (χ2n) is 6.11. The number of carbonyl (C=O) groups is 1. The lowest BCUT2D eigenvalue weighted by atomic mass is 10.2. The molecule has 0 aliphatic heterocycles. The van der Waals surface area contributed by atoms with Crippen LogP contribution in [0.1, 0.15) is 41.8 Å². The highest BCUT2D eigenvalue weighted by atomic mass is 32.2. The van der Waals surface area contributed by atoms with Crippen molar-refractivity contribution in [1.29, 1.82) is 0 Å².